The predicted octanol–water partition coefficient (Wildman–Crippen LogP) is 3.41. The Bertz CT molecular complexity index is 783. The van der Waals surface area contributed by atoms with Crippen LogP contribution in [-0.2, 0) is 9.84 Å². The van der Waals surface area contributed by atoms with E-state index in [1.165, 1.54) is 12.1 Å². The second-order valence-corrected chi connectivity index (χ2v) is 7.53. The minimum absolute atomic E-state index is 0.221. The Hall–Kier alpha value is -1.66. The summed E-state index contributed by atoms with van der Waals surface area (Å²) in [5.74, 6) is -0.235. The summed E-state index contributed by atoms with van der Waals surface area (Å²) in [6.07, 6.45) is 1.14. The van der Waals surface area contributed by atoms with Gasteiger partial charge >= 0.3 is 0 Å². The van der Waals surface area contributed by atoms with Crippen molar-refractivity contribution in [1.82, 2.24) is 0 Å². The lowest BCUT2D eigenvalue weighted by Gasteiger charge is -2.09. The molecule has 110 valence electrons. The third kappa shape index (κ3) is 3.71. The van der Waals surface area contributed by atoms with Crippen molar-refractivity contribution in [2.45, 2.75) is 11.8 Å². The van der Waals surface area contributed by atoms with E-state index in [1.54, 1.807) is 24.3 Å². The molecule has 2 aromatic carbocycles. The van der Waals surface area contributed by atoms with Gasteiger partial charge in [-0.1, -0.05) is 22.0 Å². The van der Waals surface area contributed by atoms with Crippen molar-refractivity contribution in [2.75, 3.05) is 11.6 Å². The van der Waals surface area contributed by atoms with E-state index < -0.39 is 9.84 Å². The van der Waals surface area contributed by atoms with Gasteiger partial charge in [0.2, 0.25) is 0 Å². The lowest BCUT2D eigenvalue weighted by atomic mass is 10.1. The van der Waals surface area contributed by atoms with Gasteiger partial charge in [-0.05, 0) is 48.9 Å². The highest BCUT2D eigenvalue weighted by Gasteiger charge is 2.12. The number of sulfone groups is 1. The van der Waals surface area contributed by atoms with Gasteiger partial charge in [-0.15, -0.1) is 0 Å². The predicted molar refractivity (Wildman–Crippen MR) is 86.4 cm³/mol. The molecule has 0 radical (unpaired) electrons. The van der Waals surface area contributed by atoms with Crippen LogP contribution in [0.15, 0.2) is 51.8 Å². The molecular formula is C15H14BrNO3S. The molecule has 2 rings (SSSR count). The fraction of sp³-hybridized carbons (Fsp3) is 0.133. The summed E-state index contributed by atoms with van der Waals surface area (Å²) in [6.45, 7) is 1.85. The summed E-state index contributed by atoms with van der Waals surface area (Å²) in [5, 5.41) is 2.75. The first-order valence-electron chi connectivity index (χ1n) is 6.15. The van der Waals surface area contributed by atoms with Gasteiger partial charge in [0.15, 0.2) is 9.84 Å². The first-order chi connectivity index (χ1) is 9.79. The molecule has 0 bridgehead atoms. The van der Waals surface area contributed by atoms with E-state index >= 15 is 0 Å². The normalized spacial score (nSPS) is 11.2. The van der Waals surface area contributed by atoms with Gasteiger partial charge in [-0.3, -0.25) is 4.79 Å². The van der Waals surface area contributed by atoms with Crippen LogP contribution in [0.5, 0.6) is 0 Å². The SMILES string of the molecule is Cc1c(Br)cccc1C(=O)Nc1ccc(S(C)(=O)=O)cc1. The fourth-order valence-corrected chi connectivity index (χ4v) is 2.83. The quantitative estimate of drug-likeness (QED) is 0.903. The molecule has 0 heterocycles. The summed E-state index contributed by atoms with van der Waals surface area (Å²) < 4.78 is 23.6. The maximum absolute atomic E-state index is 12.2. The van der Waals surface area contributed by atoms with Crippen LogP contribution in [0, 0.1) is 6.92 Å². The number of anilines is 1. The molecule has 4 nitrogen and oxygen atoms in total. The first kappa shape index (κ1) is 15.7. The molecule has 0 aliphatic heterocycles. The van der Waals surface area contributed by atoms with Crippen molar-refractivity contribution in [3.8, 4) is 0 Å². The minimum Gasteiger partial charge on any atom is -0.322 e. The maximum atomic E-state index is 12.2. The zero-order valence-electron chi connectivity index (χ0n) is 11.6. The van der Waals surface area contributed by atoms with Gasteiger partial charge in [0, 0.05) is 22.0 Å². The Kier molecular flexibility index (Phi) is 4.49. The largest absolute Gasteiger partial charge is 0.322 e. The maximum Gasteiger partial charge on any atom is 0.255 e. The van der Waals surface area contributed by atoms with Gasteiger partial charge in [0.1, 0.15) is 0 Å². The molecule has 0 saturated heterocycles. The average molecular weight is 368 g/mol. The number of benzene rings is 2. The van der Waals surface area contributed by atoms with Crippen molar-refractivity contribution < 1.29 is 13.2 Å². The summed E-state index contributed by atoms with van der Waals surface area (Å²) in [6, 6.07) is 11.5. The molecule has 1 N–H and O–H groups in total. The van der Waals surface area contributed by atoms with E-state index in [0.29, 0.717) is 11.3 Å². The highest BCUT2D eigenvalue weighted by atomic mass is 79.9. The summed E-state index contributed by atoms with van der Waals surface area (Å²) in [4.78, 5) is 12.4. The minimum atomic E-state index is -3.23. The third-order valence-electron chi connectivity index (χ3n) is 3.05. The summed E-state index contributed by atoms with van der Waals surface area (Å²) in [7, 11) is -3.23. The molecule has 0 atom stereocenters. The first-order valence-corrected chi connectivity index (χ1v) is 8.84. The second kappa shape index (κ2) is 5.99. The molecule has 1 amide bonds. The number of carbonyl (C=O) groups excluding carboxylic acids is 1. The van der Waals surface area contributed by atoms with E-state index in [-0.39, 0.29) is 10.8 Å². The van der Waals surface area contributed by atoms with Crippen LogP contribution < -0.4 is 5.32 Å². The number of rotatable bonds is 3. The third-order valence-corrected chi connectivity index (χ3v) is 5.04. The molecule has 6 heteroatoms. The lowest BCUT2D eigenvalue weighted by Crippen LogP contribution is -2.13. The molecule has 0 saturated carbocycles. The number of amides is 1. The molecule has 2 aromatic rings. The highest BCUT2D eigenvalue weighted by Crippen LogP contribution is 2.21. The Morgan fingerprint density at radius 3 is 2.29 bits per heavy atom. The number of carbonyl (C=O) groups is 1. The molecule has 21 heavy (non-hydrogen) atoms. The van der Waals surface area contributed by atoms with Crippen molar-refractivity contribution in [1.29, 1.82) is 0 Å². The van der Waals surface area contributed by atoms with Crippen molar-refractivity contribution in [3.63, 3.8) is 0 Å². The smallest absolute Gasteiger partial charge is 0.255 e. The fourth-order valence-electron chi connectivity index (χ4n) is 1.84. The van der Waals surface area contributed by atoms with Gasteiger partial charge in [0.05, 0.1) is 4.90 Å². The van der Waals surface area contributed by atoms with Crippen molar-refractivity contribution in [3.05, 3.63) is 58.1 Å². The lowest BCUT2D eigenvalue weighted by molar-refractivity contribution is 0.102. The van der Waals surface area contributed by atoms with Crippen LogP contribution in [0.25, 0.3) is 0 Å². The second-order valence-electron chi connectivity index (χ2n) is 4.66. The van der Waals surface area contributed by atoms with Gasteiger partial charge < -0.3 is 5.32 Å². The van der Waals surface area contributed by atoms with Gasteiger partial charge in [-0.2, -0.15) is 0 Å². The van der Waals surface area contributed by atoms with Crippen molar-refractivity contribution in [2.24, 2.45) is 0 Å². The van der Waals surface area contributed by atoms with E-state index in [2.05, 4.69) is 21.2 Å². The standard InChI is InChI=1S/C15H14BrNO3S/c1-10-13(4-3-5-14(10)16)15(18)17-11-6-8-12(9-7-11)21(2,19)20/h3-9H,1-2H3,(H,17,18). The van der Waals surface area contributed by atoms with E-state index in [4.69, 9.17) is 0 Å². The molecule has 0 aliphatic carbocycles. The van der Waals surface area contributed by atoms with Crippen LogP contribution in [0.1, 0.15) is 15.9 Å². The summed E-state index contributed by atoms with van der Waals surface area (Å²) >= 11 is 3.38. The van der Waals surface area contributed by atoms with Crippen LogP contribution in [0.3, 0.4) is 0 Å². The Morgan fingerprint density at radius 2 is 1.71 bits per heavy atom. The molecule has 0 unspecified atom stereocenters. The summed E-state index contributed by atoms with van der Waals surface area (Å²) in [5.41, 5.74) is 1.96. The van der Waals surface area contributed by atoms with Crippen molar-refractivity contribution >= 4 is 37.4 Å². The van der Waals surface area contributed by atoms with Crippen LogP contribution in [-0.4, -0.2) is 20.6 Å². The van der Waals surface area contributed by atoms with Crippen LogP contribution >= 0.6 is 15.9 Å². The molecule has 0 aromatic heterocycles. The highest BCUT2D eigenvalue weighted by molar-refractivity contribution is 9.10. The van der Waals surface area contributed by atoms with Crippen LogP contribution in [0.4, 0.5) is 5.69 Å². The average Bonchev–Trinajstić information content (AvgIpc) is 2.41. The molecule has 0 aliphatic rings. The Balaban J connectivity index is 2.22. The molecular weight excluding hydrogens is 354 g/mol. The molecule has 0 spiro atoms. The zero-order valence-corrected chi connectivity index (χ0v) is 14.0. The number of halogens is 1. The number of hydrogen-bond acceptors (Lipinski definition) is 3. The topological polar surface area (TPSA) is 63.2 Å². The van der Waals surface area contributed by atoms with Crippen LogP contribution in [0.2, 0.25) is 0 Å². The number of hydrogen-bond donors (Lipinski definition) is 1. The number of nitrogens with one attached hydrogen (secondary N) is 1. The van der Waals surface area contributed by atoms with E-state index in [0.717, 1.165) is 16.3 Å². The van der Waals surface area contributed by atoms with E-state index in [9.17, 15) is 13.2 Å². The Labute approximate surface area is 132 Å². The Morgan fingerprint density at radius 1 is 1.10 bits per heavy atom. The van der Waals surface area contributed by atoms with Gasteiger partial charge in [0.25, 0.3) is 5.91 Å². The monoisotopic (exact) mass is 367 g/mol. The zero-order chi connectivity index (χ0) is 15.6. The molecule has 0 fully saturated rings. The van der Waals surface area contributed by atoms with E-state index in [1.807, 2.05) is 13.0 Å². The van der Waals surface area contributed by atoms with Gasteiger partial charge in [-0.25, -0.2) is 8.42 Å².